The number of pyridine rings is 1. The van der Waals surface area contributed by atoms with Gasteiger partial charge in [-0.25, -0.2) is 0 Å². The normalized spacial score (nSPS) is 14.4. The molecule has 0 amide bonds. The number of rotatable bonds is 5. The van der Waals surface area contributed by atoms with Gasteiger partial charge in [0.2, 0.25) is 0 Å². The van der Waals surface area contributed by atoms with Crippen molar-refractivity contribution in [3.8, 4) is 16.8 Å². The number of nitrogens with zero attached hydrogens (tertiary/aromatic N) is 4. The first-order valence-electron chi connectivity index (χ1n) is 11.1. The molecule has 5 rings (SSSR count). The van der Waals surface area contributed by atoms with Crippen LogP contribution in [0.5, 0.6) is 0 Å². The van der Waals surface area contributed by atoms with Crippen LogP contribution < -0.4 is 5.56 Å². The van der Waals surface area contributed by atoms with Gasteiger partial charge in [-0.15, -0.1) is 12.4 Å². The van der Waals surface area contributed by atoms with Crippen molar-refractivity contribution in [1.82, 2.24) is 19.2 Å². The number of hydrogen-bond donors (Lipinski definition) is 0. The summed E-state index contributed by atoms with van der Waals surface area (Å²) in [4.78, 5) is 15.3. The Morgan fingerprint density at radius 2 is 1.74 bits per heavy atom. The lowest BCUT2D eigenvalue weighted by Crippen LogP contribution is -2.24. The number of halogens is 5. The molecule has 0 radical (unpaired) electrons. The van der Waals surface area contributed by atoms with E-state index in [0.29, 0.717) is 16.8 Å². The molecule has 0 N–H and O–H groups in total. The van der Waals surface area contributed by atoms with Crippen LogP contribution in [0, 0.1) is 0 Å². The number of alkyl halides is 3. The van der Waals surface area contributed by atoms with Gasteiger partial charge in [0.25, 0.3) is 5.56 Å². The Hall–Kier alpha value is -2.81. The van der Waals surface area contributed by atoms with Crippen molar-refractivity contribution in [3.63, 3.8) is 0 Å². The maximum Gasteiger partial charge on any atom is 0.416 e. The molecule has 10 heteroatoms. The molecule has 3 heterocycles. The smallest absolute Gasteiger partial charge is 0.301 e. The number of fused-ring (bicyclic) bond motifs is 1. The highest BCUT2D eigenvalue weighted by atomic mass is 35.5. The van der Waals surface area contributed by atoms with Gasteiger partial charge in [0.05, 0.1) is 23.8 Å². The van der Waals surface area contributed by atoms with Crippen molar-refractivity contribution < 1.29 is 13.2 Å². The highest BCUT2D eigenvalue weighted by Crippen LogP contribution is 2.35. The molecule has 1 aliphatic heterocycles. The Morgan fingerprint density at radius 3 is 2.43 bits per heavy atom. The predicted octanol–water partition coefficient (Wildman–Crippen LogP) is 6.04. The van der Waals surface area contributed by atoms with Crippen LogP contribution in [0.1, 0.15) is 18.4 Å². The lowest BCUT2D eigenvalue weighted by molar-refractivity contribution is -0.137. The van der Waals surface area contributed by atoms with Gasteiger partial charge in [-0.2, -0.15) is 18.3 Å². The molecule has 0 aliphatic carbocycles. The minimum atomic E-state index is -4.48. The molecule has 0 bridgehead atoms. The van der Waals surface area contributed by atoms with E-state index in [1.807, 2.05) is 22.9 Å². The van der Waals surface area contributed by atoms with Crippen LogP contribution in [-0.4, -0.2) is 38.9 Å². The summed E-state index contributed by atoms with van der Waals surface area (Å²) in [6.45, 7) is 4.05. The summed E-state index contributed by atoms with van der Waals surface area (Å²) < 4.78 is 42.2. The Bertz CT molecular complexity index is 1410. The third-order valence-electron chi connectivity index (χ3n) is 6.26. The van der Waals surface area contributed by atoms with Gasteiger partial charge in [0.1, 0.15) is 0 Å². The van der Waals surface area contributed by atoms with Crippen LogP contribution in [0.25, 0.3) is 27.7 Å². The van der Waals surface area contributed by atoms with Gasteiger partial charge in [-0.05, 0) is 67.9 Å². The van der Waals surface area contributed by atoms with E-state index in [2.05, 4.69) is 10.00 Å². The van der Waals surface area contributed by atoms with Crippen molar-refractivity contribution in [2.75, 3.05) is 19.6 Å². The predicted molar refractivity (Wildman–Crippen MR) is 134 cm³/mol. The first kappa shape index (κ1) is 25.3. The molecule has 184 valence electrons. The van der Waals surface area contributed by atoms with Crippen molar-refractivity contribution in [3.05, 3.63) is 81.9 Å². The highest BCUT2D eigenvalue weighted by Gasteiger charge is 2.31. The number of benzene rings is 2. The van der Waals surface area contributed by atoms with Gasteiger partial charge in [-0.1, -0.05) is 17.7 Å². The largest absolute Gasteiger partial charge is 0.416 e. The Labute approximate surface area is 211 Å². The molecule has 1 fully saturated rings. The average Bonchev–Trinajstić information content (AvgIpc) is 3.46. The summed E-state index contributed by atoms with van der Waals surface area (Å²) in [6.07, 6.45) is 1.42. The van der Waals surface area contributed by atoms with Crippen molar-refractivity contribution in [1.29, 1.82) is 0 Å². The zero-order valence-corrected chi connectivity index (χ0v) is 20.2. The molecule has 5 nitrogen and oxygen atoms in total. The second kappa shape index (κ2) is 10.0. The van der Waals surface area contributed by atoms with E-state index in [4.69, 9.17) is 11.6 Å². The maximum atomic E-state index is 12.9. The van der Waals surface area contributed by atoms with Crippen LogP contribution in [0.4, 0.5) is 13.2 Å². The number of likely N-dealkylation sites (tertiary alicyclic amines) is 1. The van der Waals surface area contributed by atoms with E-state index < -0.39 is 11.7 Å². The molecule has 1 aliphatic rings. The Morgan fingerprint density at radius 1 is 0.971 bits per heavy atom. The molecule has 1 saturated heterocycles. The maximum absolute atomic E-state index is 12.9. The lowest BCUT2D eigenvalue weighted by Gasteiger charge is -2.14. The summed E-state index contributed by atoms with van der Waals surface area (Å²) >= 11 is 6.09. The molecule has 0 spiro atoms. The van der Waals surface area contributed by atoms with E-state index in [-0.39, 0.29) is 23.0 Å². The summed E-state index contributed by atoms with van der Waals surface area (Å²) in [5.74, 6) is 0. The molecule has 0 unspecified atom stereocenters. The molecule has 4 aromatic rings. The fourth-order valence-corrected chi connectivity index (χ4v) is 4.72. The molecular formula is C25H23Cl2F3N4O. The van der Waals surface area contributed by atoms with Gasteiger partial charge < -0.3 is 4.90 Å². The van der Waals surface area contributed by atoms with Crippen molar-refractivity contribution >= 4 is 34.9 Å². The zero-order valence-electron chi connectivity index (χ0n) is 18.6. The van der Waals surface area contributed by atoms with Crippen LogP contribution in [0.3, 0.4) is 0 Å². The highest BCUT2D eigenvalue weighted by molar-refractivity contribution is 6.33. The molecule has 0 atom stereocenters. The van der Waals surface area contributed by atoms with Gasteiger partial charge >= 0.3 is 6.18 Å². The summed E-state index contributed by atoms with van der Waals surface area (Å²) in [5, 5.41) is 5.38. The fourth-order valence-electron chi connectivity index (χ4n) is 4.43. The topological polar surface area (TPSA) is 43.1 Å². The Balaban J connectivity index is 0.00000289. The lowest BCUT2D eigenvalue weighted by atomic mass is 10.0. The van der Waals surface area contributed by atoms with Gasteiger partial charge in [-0.3, -0.25) is 14.0 Å². The molecule has 35 heavy (non-hydrogen) atoms. The molecule has 2 aromatic heterocycles. The van der Waals surface area contributed by atoms with Gasteiger partial charge in [0.15, 0.2) is 0 Å². The van der Waals surface area contributed by atoms with Crippen LogP contribution >= 0.6 is 24.0 Å². The van der Waals surface area contributed by atoms with E-state index in [0.717, 1.165) is 49.2 Å². The second-order valence-electron chi connectivity index (χ2n) is 8.48. The number of hydrogen-bond acceptors (Lipinski definition) is 3. The first-order chi connectivity index (χ1) is 16.3. The van der Waals surface area contributed by atoms with Crippen molar-refractivity contribution in [2.24, 2.45) is 0 Å². The quantitative estimate of drug-likeness (QED) is 0.320. The van der Waals surface area contributed by atoms with E-state index >= 15 is 0 Å². The third-order valence-corrected chi connectivity index (χ3v) is 6.57. The first-order valence-corrected chi connectivity index (χ1v) is 11.5. The molecule has 2 aromatic carbocycles. The summed E-state index contributed by atoms with van der Waals surface area (Å²) in [5.41, 5.74) is 1.37. The fraction of sp³-hybridized carbons (Fsp3) is 0.280. The van der Waals surface area contributed by atoms with Crippen molar-refractivity contribution in [2.45, 2.75) is 25.6 Å². The third kappa shape index (κ3) is 5.24. The standard InChI is InChI=1S/C25H22ClF3N4O.ClH/c26-22-15-19(25(27,28)29)3-5-21(22)17-7-10-32(24(34)14-17)20-4-6-23-18(13-20)16-30-33(23)12-11-31-8-1-2-9-31;/h3-7,10,13-16H,1-2,8-9,11-12H2;1H. The van der Waals surface area contributed by atoms with Gasteiger partial charge in [0, 0.05) is 40.5 Å². The number of aromatic nitrogens is 3. The minimum absolute atomic E-state index is 0. The molecular weight excluding hydrogens is 500 g/mol. The Kier molecular flexibility index (Phi) is 7.26. The summed E-state index contributed by atoms with van der Waals surface area (Å²) in [7, 11) is 0. The van der Waals surface area contributed by atoms with Crippen LogP contribution in [0.2, 0.25) is 5.02 Å². The summed E-state index contributed by atoms with van der Waals surface area (Å²) in [6, 6.07) is 11.9. The van der Waals surface area contributed by atoms with E-state index in [9.17, 15) is 18.0 Å². The SMILES string of the molecule is Cl.O=c1cc(-c2ccc(C(F)(F)F)cc2Cl)ccn1-c1ccc2c(cnn2CCN2CCCC2)c1. The average molecular weight is 523 g/mol. The van der Waals surface area contributed by atoms with Crippen LogP contribution in [-0.2, 0) is 12.7 Å². The second-order valence-corrected chi connectivity index (χ2v) is 8.88. The minimum Gasteiger partial charge on any atom is -0.301 e. The molecule has 0 saturated carbocycles. The van der Waals surface area contributed by atoms with Crippen LogP contribution in [0.15, 0.2) is 65.7 Å². The van der Waals surface area contributed by atoms with E-state index in [1.165, 1.54) is 29.5 Å². The monoisotopic (exact) mass is 522 g/mol. The van der Waals surface area contributed by atoms with E-state index in [1.54, 1.807) is 18.5 Å². The zero-order chi connectivity index (χ0) is 23.9.